The van der Waals surface area contributed by atoms with Crippen molar-refractivity contribution in [3.8, 4) is 0 Å². The second-order valence-electron chi connectivity index (χ2n) is 4.76. The van der Waals surface area contributed by atoms with Gasteiger partial charge in [0.2, 0.25) is 11.8 Å². The predicted octanol–water partition coefficient (Wildman–Crippen LogP) is 3.20. The average Bonchev–Trinajstić information content (AvgIpc) is 2.99. The zero-order valence-corrected chi connectivity index (χ0v) is 14.2. The smallest absolute Gasteiger partial charge is 0.237 e. The SMILES string of the molecule is CC[C@@H](SC1=NCCS1)C(=O)Nc1ccc(NC(C)=O)cc1. The number of nitrogens with one attached hydrogen (secondary N) is 2. The van der Waals surface area contributed by atoms with Gasteiger partial charge in [0.05, 0.1) is 11.8 Å². The third kappa shape index (κ3) is 5.06. The van der Waals surface area contributed by atoms with E-state index in [1.807, 2.05) is 6.92 Å². The second kappa shape index (κ2) is 8.24. The lowest BCUT2D eigenvalue weighted by molar-refractivity contribution is -0.116. The number of nitrogens with zero attached hydrogens (tertiary/aromatic N) is 1. The number of hydrogen-bond acceptors (Lipinski definition) is 5. The maximum Gasteiger partial charge on any atom is 0.237 e. The molecule has 0 unspecified atom stereocenters. The molecule has 0 fully saturated rings. The van der Waals surface area contributed by atoms with Crippen LogP contribution in [0.4, 0.5) is 11.4 Å². The summed E-state index contributed by atoms with van der Waals surface area (Å²) in [7, 11) is 0. The number of benzene rings is 1. The van der Waals surface area contributed by atoms with Gasteiger partial charge >= 0.3 is 0 Å². The van der Waals surface area contributed by atoms with Crippen LogP contribution in [0.5, 0.6) is 0 Å². The van der Waals surface area contributed by atoms with Crippen molar-refractivity contribution >= 4 is 51.1 Å². The Balaban J connectivity index is 1.92. The highest BCUT2D eigenvalue weighted by Crippen LogP contribution is 2.28. The summed E-state index contributed by atoms with van der Waals surface area (Å²) in [5.74, 6) is 0.870. The molecule has 1 aliphatic rings. The fourth-order valence-electron chi connectivity index (χ4n) is 1.89. The Bertz CT molecular complexity index is 573. The van der Waals surface area contributed by atoms with Crippen LogP contribution in [-0.4, -0.2) is 33.7 Å². The number of carbonyl (C=O) groups is 2. The lowest BCUT2D eigenvalue weighted by Gasteiger charge is -2.14. The second-order valence-corrected chi connectivity index (χ2v) is 7.29. The highest BCUT2D eigenvalue weighted by atomic mass is 32.2. The van der Waals surface area contributed by atoms with E-state index in [0.717, 1.165) is 28.8 Å². The summed E-state index contributed by atoms with van der Waals surface area (Å²) in [6.07, 6.45) is 0.750. The molecule has 2 amide bonds. The molecule has 0 saturated heterocycles. The van der Waals surface area contributed by atoms with E-state index in [1.54, 1.807) is 36.0 Å². The third-order valence-electron chi connectivity index (χ3n) is 2.94. The van der Waals surface area contributed by atoms with Gasteiger partial charge in [0.25, 0.3) is 0 Å². The fourth-order valence-corrected chi connectivity index (χ4v) is 4.05. The van der Waals surface area contributed by atoms with Crippen molar-refractivity contribution in [2.75, 3.05) is 22.9 Å². The van der Waals surface area contributed by atoms with E-state index in [0.29, 0.717) is 5.69 Å². The Morgan fingerprint density at radius 1 is 1.27 bits per heavy atom. The fraction of sp³-hybridized carbons (Fsp3) is 0.400. The van der Waals surface area contributed by atoms with Crippen molar-refractivity contribution in [1.29, 1.82) is 0 Å². The molecule has 0 bridgehead atoms. The summed E-state index contributed by atoms with van der Waals surface area (Å²) in [4.78, 5) is 27.7. The van der Waals surface area contributed by atoms with E-state index in [4.69, 9.17) is 0 Å². The van der Waals surface area contributed by atoms with Crippen LogP contribution in [0.15, 0.2) is 29.3 Å². The average molecular weight is 337 g/mol. The molecule has 22 heavy (non-hydrogen) atoms. The molecule has 1 aromatic carbocycles. The molecule has 2 rings (SSSR count). The topological polar surface area (TPSA) is 70.6 Å². The van der Waals surface area contributed by atoms with E-state index in [1.165, 1.54) is 18.7 Å². The molecule has 1 aliphatic heterocycles. The molecular weight excluding hydrogens is 318 g/mol. The third-order valence-corrected chi connectivity index (χ3v) is 5.50. The van der Waals surface area contributed by atoms with E-state index in [2.05, 4.69) is 15.6 Å². The first kappa shape index (κ1) is 16.9. The van der Waals surface area contributed by atoms with Crippen molar-refractivity contribution in [3.63, 3.8) is 0 Å². The zero-order chi connectivity index (χ0) is 15.9. The van der Waals surface area contributed by atoms with Gasteiger partial charge in [0.15, 0.2) is 0 Å². The van der Waals surface area contributed by atoms with Gasteiger partial charge in [-0.05, 0) is 30.7 Å². The first-order valence-electron chi connectivity index (χ1n) is 7.11. The minimum Gasteiger partial charge on any atom is -0.326 e. The Morgan fingerprint density at radius 2 is 1.91 bits per heavy atom. The molecule has 7 heteroatoms. The molecule has 0 spiro atoms. The zero-order valence-electron chi connectivity index (χ0n) is 12.6. The van der Waals surface area contributed by atoms with Crippen LogP contribution in [0.25, 0.3) is 0 Å². The monoisotopic (exact) mass is 337 g/mol. The van der Waals surface area contributed by atoms with Crippen LogP contribution in [0.2, 0.25) is 0 Å². The predicted molar refractivity (Wildman–Crippen MR) is 95.8 cm³/mol. The van der Waals surface area contributed by atoms with Gasteiger partial charge in [-0.1, -0.05) is 30.4 Å². The van der Waals surface area contributed by atoms with Crippen molar-refractivity contribution in [1.82, 2.24) is 0 Å². The van der Waals surface area contributed by atoms with Crippen LogP contribution in [0, 0.1) is 0 Å². The molecule has 1 heterocycles. The van der Waals surface area contributed by atoms with Crippen LogP contribution in [0.3, 0.4) is 0 Å². The van der Waals surface area contributed by atoms with Crippen LogP contribution in [-0.2, 0) is 9.59 Å². The summed E-state index contributed by atoms with van der Waals surface area (Å²) in [5.41, 5.74) is 1.43. The maximum atomic E-state index is 12.3. The molecule has 0 radical (unpaired) electrons. The van der Waals surface area contributed by atoms with Gasteiger partial charge in [-0.15, -0.1) is 0 Å². The summed E-state index contributed by atoms with van der Waals surface area (Å²) in [5, 5.41) is 5.46. The Labute approximate surface area is 138 Å². The van der Waals surface area contributed by atoms with Crippen molar-refractivity contribution < 1.29 is 9.59 Å². The molecule has 0 aromatic heterocycles. The van der Waals surface area contributed by atoms with Crippen molar-refractivity contribution in [2.45, 2.75) is 25.5 Å². The van der Waals surface area contributed by atoms with Gasteiger partial charge in [0, 0.05) is 24.1 Å². The molecular formula is C15H19N3O2S2. The number of carbonyl (C=O) groups excluding carboxylic acids is 2. The van der Waals surface area contributed by atoms with Crippen LogP contribution in [0.1, 0.15) is 20.3 Å². The highest BCUT2D eigenvalue weighted by Gasteiger charge is 2.21. The molecule has 1 atom stereocenters. The molecule has 0 saturated carbocycles. The van der Waals surface area contributed by atoms with Crippen LogP contribution >= 0.6 is 23.5 Å². The molecule has 2 N–H and O–H groups in total. The number of amides is 2. The Morgan fingerprint density at radius 3 is 2.41 bits per heavy atom. The molecule has 118 valence electrons. The summed E-state index contributed by atoms with van der Waals surface area (Å²) in [6.45, 7) is 4.30. The molecule has 5 nitrogen and oxygen atoms in total. The van der Waals surface area contributed by atoms with E-state index < -0.39 is 0 Å². The van der Waals surface area contributed by atoms with Crippen molar-refractivity contribution in [3.05, 3.63) is 24.3 Å². The number of thioether (sulfide) groups is 2. The lowest BCUT2D eigenvalue weighted by atomic mass is 10.2. The first-order chi connectivity index (χ1) is 10.6. The van der Waals surface area contributed by atoms with E-state index in [-0.39, 0.29) is 17.1 Å². The molecule has 0 aliphatic carbocycles. The number of anilines is 2. The highest BCUT2D eigenvalue weighted by molar-refractivity contribution is 8.39. The summed E-state index contributed by atoms with van der Waals surface area (Å²) in [6, 6.07) is 7.09. The van der Waals surface area contributed by atoms with Gasteiger partial charge in [0.1, 0.15) is 4.38 Å². The lowest BCUT2D eigenvalue weighted by Crippen LogP contribution is -2.25. The van der Waals surface area contributed by atoms with Crippen molar-refractivity contribution in [2.24, 2.45) is 4.99 Å². The number of hydrogen-bond donors (Lipinski definition) is 2. The first-order valence-corrected chi connectivity index (χ1v) is 8.97. The largest absolute Gasteiger partial charge is 0.326 e. The normalized spacial score (nSPS) is 15.1. The quantitative estimate of drug-likeness (QED) is 0.865. The Kier molecular flexibility index (Phi) is 6.33. The maximum absolute atomic E-state index is 12.3. The number of rotatable bonds is 5. The van der Waals surface area contributed by atoms with E-state index >= 15 is 0 Å². The molecule has 1 aromatic rings. The summed E-state index contributed by atoms with van der Waals surface area (Å²) >= 11 is 3.25. The number of aliphatic imine (C=N–C) groups is 1. The Hall–Kier alpha value is -1.47. The standard InChI is InChI=1S/C15H19N3O2S2/c1-3-13(22-15-16-8-9-21-15)14(20)18-12-6-4-11(5-7-12)17-10(2)19/h4-7,13H,3,8-9H2,1-2H3,(H,17,19)(H,18,20)/t13-/m1/s1. The van der Waals surface area contributed by atoms with Gasteiger partial charge < -0.3 is 10.6 Å². The van der Waals surface area contributed by atoms with Crippen LogP contribution < -0.4 is 10.6 Å². The van der Waals surface area contributed by atoms with E-state index in [9.17, 15) is 9.59 Å². The van der Waals surface area contributed by atoms with Gasteiger partial charge in [-0.3, -0.25) is 14.6 Å². The van der Waals surface area contributed by atoms with Gasteiger partial charge in [-0.2, -0.15) is 0 Å². The minimum absolute atomic E-state index is 0.0185. The summed E-state index contributed by atoms with van der Waals surface area (Å²) < 4.78 is 1.00. The van der Waals surface area contributed by atoms with Gasteiger partial charge in [-0.25, -0.2) is 0 Å². The minimum atomic E-state index is -0.139.